The number of benzene rings is 2. The lowest BCUT2D eigenvalue weighted by atomic mass is 9.96. The maximum atomic E-state index is 13.4. The number of carbonyl (C=O) groups excluding carboxylic acids is 1. The highest BCUT2D eigenvalue weighted by atomic mass is 35.5. The first-order valence-corrected chi connectivity index (χ1v) is 10.6. The Labute approximate surface area is 187 Å². The molecule has 0 N–H and O–H groups in total. The molecule has 31 heavy (non-hydrogen) atoms. The maximum absolute atomic E-state index is 13.4. The molecule has 0 saturated heterocycles. The largest absolute Gasteiger partial charge is 0.497 e. The smallest absolute Gasteiger partial charge is 0.338 e. The van der Waals surface area contributed by atoms with Gasteiger partial charge in [0.2, 0.25) is 0 Å². The zero-order chi connectivity index (χ0) is 22.1. The van der Waals surface area contributed by atoms with E-state index in [1.165, 1.54) is 18.4 Å². The predicted molar refractivity (Wildman–Crippen MR) is 120 cm³/mol. The summed E-state index contributed by atoms with van der Waals surface area (Å²) in [4.78, 5) is 31.1. The van der Waals surface area contributed by atoms with Gasteiger partial charge in [-0.15, -0.1) is 0 Å². The molecule has 0 spiro atoms. The molecule has 2 heterocycles. The quantitative estimate of drug-likeness (QED) is 0.568. The van der Waals surface area contributed by atoms with Gasteiger partial charge >= 0.3 is 5.97 Å². The summed E-state index contributed by atoms with van der Waals surface area (Å²) < 4.78 is 12.3. The lowest BCUT2D eigenvalue weighted by molar-refractivity contribution is -0.136. The minimum absolute atomic E-state index is 0.236. The molecule has 0 saturated carbocycles. The van der Waals surface area contributed by atoms with Crippen molar-refractivity contribution >= 4 is 35.0 Å². The van der Waals surface area contributed by atoms with Crippen molar-refractivity contribution in [3.8, 4) is 5.75 Å². The maximum Gasteiger partial charge on any atom is 0.338 e. The van der Waals surface area contributed by atoms with Gasteiger partial charge in [-0.3, -0.25) is 9.36 Å². The van der Waals surface area contributed by atoms with Gasteiger partial charge in [0, 0.05) is 5.02 Å². The third kappa shape index (κ3) is 3.94. The number of allylic oxidation sites excluding steroid dienone is 1. The lowest BCUT2D eigenvalue weighted by Gasteiger charge is -2.24. The third-order valence-corrected chi connectivity index (χ3v) is 6.24. The van der Waals surface area contributed by atoms with Gasteiger partial charge in [-0.05, 0) is 48.4 Å². The Hall–Kier alpha value is -3.16. The molecule has 158 valence electrons. The van der Waals surface area contributed by atoms with Crippen LogP contribution < -0.4 is 19.6 Å². The normalized spacial score (nSPS) is 16.0. The molecule has 6 nitrogen and oxygen atoms in total. The summed E-state index contributed by atoms with van der Waals surface area (Å²) >= 11 is 7.32. The van der Waals surface area contributed by atoms with Crippen molar-refractivity contribution in [2.45, 2.75) is 13.0 Å². The van der Waals surface area contributed by atoms with Crippen LogP contribution in [-0.4, -0.2) is 24.8 Å². The second-order valence-electron chi connectivity index (χ2n) is 6.90. The highest BCUT2D eigenvalue weighted by Crippen LogP contribution is 2.31. The van der Waals surface area contributed by atoms with Crippen molar-refractivity contribution in [3.63, 3.8) is 0 Å². The first-order chi connectivity index (χ1) is 14.9. The zero-order valence-electron chi connectivity index (χ0n) is 17.1. The number of carbonyl (C=O) groups is 1. The number of methoxy groups -OCH3 is 2. The van der Waals surface area contributed by atoms with E-state index in [0.29, 0.717) is 31.4 Å². The molecule has 2 aromatic carbocycles. The van der Waals surface area contributed by atoms with Crippen molar-refractivity contribution in [3.05, 3.63) is 95.6 Å². The number of thiazole rings is 1. The molecule has 3 aromatic rings. The molecule has 1 aliphatic heterocycles. The molecule has 0 radical (unpaired) electrons. The first-order valence-electron chi connectivity index (χ1n) is 9.43. The average molecular weight is 455 g/mol. The van der Waals surface area contributed by atoms with Crippen LogP contribution in [0.1, 0.15) is 24.1 Å². The van der Waals surface area contributed by atoms with Crippen LogP contribution in [0.2, 0.25) is 5.02 Å². The number of hydrogen-bond acceptors (Lipinski definition) is 6. The van der Waals surface area contributed by atoms with E-state index in [4.69, 9.17) is 21.1 Å². The Morgan fingerprint density at radius 2 is 1.94 bits per heavy atom. The van der Waals surface area contributed by atoms with Crippen LogP contribution in [0, 0.1) is 0 Å². The molecule has 0 amide bonds. The fourth-order valence-electron chi connectivity index (χ4n) is 3.54. The highest BCUT2D eigenvalue weighted by Gasteiger charge is 2.32. The molecule has 1 aromatic heterocycles. The van der Waals surface area contributed by atoms with Gasteiger partial charge < -0.3 is 9.47 Å². The van der Waals surface area contributed by atoms with Crippen LogP contribution in [0.5, 0.6) is 5.75 Å². The van der Waals surface area contributed by atoms with E-state index >= 15 is 0 Å². The van der Waals surface area contributed by atoms with Crippen molar-refractivity contribution in [1.82, 2.24) is 4.57 Å². The van der Waals surface area contributed by atoms with Crippen molar-refractivity contribution in [2.24, 2.45) is 4.99 Å². The minimum atomic E-state index is -0.659. The van der Waals surface area contributed by atoms with Gasteiger partial charge in [0.1, 0.15) is 5.75 Å². The predicted octanol–water partition coefficient (Wildman–Crippen LogP) is 3.07. The summed E-state index contributed by atoms with van der Waals surface area (Å²) in [5.74, 6) is 0.174. The topological polar surface area (TPSA) is 69.9 Å². The fourth-order valence-corrected chi connectivity index (χ4v) is 4.71. The van der Waals surface area contributed by atoms with Crippen LogP contribution in [0.3, 0.4) is 0 Å². The van der Waals surface area contributed by atoms with E-state index < -0.39 is 12.0 Å². The van der Waals surface area contributed by atoms with Crippen LogP contribution in [0.15, 0.2) is 69.6 Å². The Morgan fingerprint density at radius 1 is 1.19 bits per heavy atom. The second kappa shape index (κ2) is 8.53. The Kier molecular flexibility index (Phi) is 5.80. The van der Waals surface area contributed by atoms with Crippen LogP contribution >= 0.6 is 22.9 Å². The average Bonchev–Trinajstić information content (AvgIpc) is 3.07. The van der Waals surface area contributed by atoms with Gasteiger partial charge in [-0.25, -0.2) is 9.79 Å². The molecular weight excluding hydrogens is 436 g/mol. The lowest BCUT2D eigenvalue weighted by Crippen LogP contribution is -2.39. The molecule has 0 aliphatic carbocycles. The number of nitrogens with zero attached hydrogens (tertiary/aromatic N) is 2. The number of aromatic nitrogens is 1. The Morgan fingerprint density at radius 3 is 2.61 bits per heavy atom. The van der Waals surface area contributed by atoms with Gasteiger partial charge in [-0.1, -0.05) is 47.2 Å². The molecule has 0 unspecified atom stereocenters. The van der Waals surface area contributed by atoms with E-state index in [2.05, 4.69) is 4.99 Å². The minimum Gasteiger partial charge on any atom is -0.497 e. The second-order valence-corrected chi connectivity index (χ2v) is 8.35. The summed E-state index contributed by atoms with van der Waals surface area (Å²) in [7, 11) is 2.91. The summed E-state index contributed by atoms with van der Waals surface area (Å²) in [6.45, 7) is 1.74. The fraction of sp³-hybridized carbons (Fsp3) is 0.174. The van der Waals surface area contributed by atoms with Crippen LogP contribution in [0.25, 0.3) is 6.08 Å². The molecule has 1 aliphatic rings. The number of hydrogen-bond donors (Lipinski definition) is 0. The summed E-state index contributed by atoms with van der Waals surface area (Å²) in [5.41, 5.74) is 2.18. The summed E-state index contributed by atoms with van der Waals surface area (Å²) in [5, 5.41) is 0.564. The standard InChI is InChI=1S/C23H19ClN2O4S/c1-13-19(22(28)30-3)20(15-7-9-16(24)10-8-15)26-21(27)18(31-23(26)25-13)12-14-5-4-6-17(11-14)29-2/h4-12,20H,1-3H3/b18-12-/t20-/m0/s1. The van der Waals surface area contributed by atoms with Gasteiger partial charge in [-0.2, -0.15) is 0 Å². The van der Waals surface area contributed by atoms with Gasteiger partial charge in [0.15, 0.2) is 4.80 Å². The van der Waals surface area contributed by atoms with E-state index in [0.717, 1.165) is 11.1 Å². The molecule has 0 fully saturated rings. The number of fused-ring (bicyclic) bond motifs is 1. The summed E-state index contributed by atoms with van der Waals surface area (Å²) in [6, 6.07) is 13.8. The monoisotopic (exact) mass is 454 g/mol. The van der Waals surface area contributed by atoms with Gasteiger partial charge in [0.25, 0.3) is 5.56 Å². The van der Waals surface area contributed by atoms with Gasteiger partial charge in [0.05, 0.1) is 36.1 Å². The van der Waals surface area contributed by atoms with E-state index in [9.17, 15) is 9.59 Å². The van der Waals surface area contributed by atoms with Crippen LogP contribution in [0.4, 0.5) is 0 Å². The van der Waals surface area contributed by atoms with Crippen molar-refractivity contribution < 1.29 is 14.3 Å². The van der Waals surface area contributed by atoms with E-state index in [1.54, 1.807) is 48.9 Å². The molecule has 0 bridgehead atoms. The Bertz CT molecular complexity index is 1370. The number of rotatable bonds is 4. The number of esters is 1. The molecule has 1 atom stereocenters. The Balaban J connectivity index is 1.96. The number of halogens is 1. The molecular formula is C23H19ClN2O4S. The molecule has 8 heteroatoms. The van der Waals surface area contributed by atoms with Crippen molar-refractivity contribution in [1.29, 1.82) is 0 Å². The summed E-state index contributed by atoms with van der Waals surface area (Å²) in [6.07, 6.45) is 1.79. The van der Waals surface area contributed by atoms with Crippen molar-refractivity contribution in [2.75, 3.05) is 14.2 Å². The highest BCUT2D eigenvalue weighted by molar-refractivity contribution is 7.07. The van der Waals surface area contributed by atoms with E-state index in [-0.39, 0.29) is 5.56 Å². The first kappa shape index (κ1) is 21.1. The number of ether oxygens (including phenoxy) is 2. The SMILES string of the molecule is COC(=O)C1=C(C)N=c2s/c(=C\c3cccc(OC)c3)c(=O)n2[C@H]1c1ccc(Cl)cc1. The van der Waals surface area contributed by atoms with Crippen LogP contribution in [-0.2, 0) is 9.53 Å². The zero-order valence-corrected chi connectivity index (χ0v) is 18.7. The van der Waals surface area contributed by atoms with E-state index in [1.807, 2.05) is 24.3 Å². The third-order valence-electron chi connectivity index (χ3n) is 5.00. The molecule has 4 rings (SSSR count).